The molecule has 0 aliphatic rings. The Morgan fingerprint density at radius 1 is 1.42 bits per heavy atom. The number of ether oxygens (including phenoxy) is 1. The molecule has 0 rings (SSSR count). The topological polar surface area (TPSA) is 38.3 Å². The Labute approximate surface area is 74.5 Å². The van der Waals surface area contributed by atoms with Crippen LogP contribution in [-0.2, 0) is 9.53 Å². The summed E-state index contributed by atoms with van der Waals surface area (Å²) >= 11 is 0. The molecule has 1 unspecified atom stereocenters. The van der Waals surface area contributed by atoms with Crippen molar-refractivity contribution in [2.45, 2.75) is 20.8 Å². The zero-order valence-electron chi connectivity index (χ0n) is 8.39. The first-order valence-electron chi connectivity index (χ1n) is 4.38. The number of hydrogen-bond acceptors (Lipinski definition) is 3. The SMILES string of the molecule is CNCC(=O)OCC(C)C(C)C. The molecule has 0 fully saturated rings. The molecule has 0 radical (unpaired) electrons. The molecule has 1 N–H and O–H groups in total. The van der Waals surface area contributed by atoms with Gasteiger partial charge in [0.05, 0.1) is 13.2 Å². The lowest BCUT2D eigenvalue weighted by molar-refractivity contribution is -0.144. The number of hydrogen-bond donors (Lipinski definition) is 1. The Balaban J connectivity index is 3.47. The van der Waals surface area contributed by atoms with E-state index in [4.69, 9.17) is 4.74 Å². The van der Waals surface area contributed by atoms with Gasteiger partial charge in [-0.05, 0) is 18.9 Å². The van der Waals surface area contributed by atoms with E-state index in [2.05, 4.69) is 26.1 Å². The molecule has 3 nitrogen and oxygen atoms in total. The molecule has 3 heteroatoms. The predicted octanol–water partition coefficient (Wildman–Crippen LogP) is 1.04. The van der Waals surface area contributed by atoms with Crippen molar-refractivity contribution < 1.29 is 9.53 Å². The van der Waals surface area contributed by atoms with E-state index in [0.717, 1.165) is 0 Å². The van der Waals surface area contributed by atoms with Crippen LogP contribution in [-0.4, -0.2) is 26.2 Å². The molecule has 12 heavy (non-hydrogen) atoms. The van der Waals surface area contributed by atoms with Crippen LogP contribution >= 0.6 is 0 Å². The summed E-state index contributed by atoms with van der Waals surface area (Å²) in [4.78, 5) is 10.9. The number of carbonyl (C=O) groups excluding carboxylic acids is 1. The van der Waals surface area contributed by atoms with Gasteiger partial charge in [0, 0.05) is 0 Å². The Morgan fingerprint density at radius 3 is 2.42 bits per heavy atom. The second-order valence-corrected chi connectivity index (χ2v) is 3.43. The molecule has 0 aliphatic heterocycles. The van der Waals surface area contributed by atoms with Gasteiger partial charge in [-0.15, -0.1) is 0 Å². The lowest BCUT2D eigenvalue weighted by atomic mass is 9.99. The third-order valence-corrected chi connectivity index (χ3v) is 1.97. The van der Waals surface area contributed by atoms with E-state index < -0.39 is 0 Å². The van der Waals surface area contributed by atoms with Gasteiger partial charge in [-0.2, -0.15) is 0 Å². The van der Waals surface area contributed by atoms with Gasteiger partial charge in [0.25, 0.3) is 0 Å². The number of nitrogens with one attached hydrogen (secondary N) is 1. The molecular weight excluding hydrogens is 154 g/mol. The summed E-state index contributed by atoms with van der Waals surface area (Å²) in [7, 11) is 1.73. The summed E-state index contributed by atoms with van der Waals surface area (Å²) in [6, 6.07) is 0. The zero-order chi connectivity index (χ0) is 9.56. The van der Waals surface area contributed by atoms with E-state index in [-0.39, 0.29) is 5.97 Å². The summed E-state index contributed by atoms with van der Waals surface area (Å²) in [6.45, 7) is 7.15. The van der Waals surface area contributed by atoms with Crippen LogP contribution in [0, 0.1) is 11.8 Å². The molecule has 0 aliphatic carbocycles. The second kappa shape index (κ2) is 6.00. The van der Waals surface area contributed by atoms with Crippen LogP contribution in [0.5, 0.6) is 0 Å². The minimum absolute atomic E-state index is 0.176. The smallest absolute Gasteiger partial charge is 0.319 e. The maximum Gasteiger partial charge on any atom is 0.319 e. The number of likely N-dealkylation sites (N-methyl/N-ethyl adjacent to an activating group) is 1. The van der Waals surface area contributed by atoms with Crippen molar-refractivity contribution in [2.24, 2.45) is 11.8 Å². The third-order valence-electron chi connectivity index (χ3n) is 1.97. The molecule has 0 amide bonds. The van der Waals surface area contributed by atoms with Crippen LogP contribution in [0.2, 0.25) is 0 Å². The highest BCUT2D eigenvalue weighted by Gasteiger charge is 2.09. The Bertz CT molecular complexity index is 134. The van der Waals surface area contributed by atoms with Crippen LogP contribution in [0.1, 0.15) is 20.8 Å². The van der Waals surface area contributed by atoms with E-state index in [0.29, 0.717) is 25.0 Å². The number of carbonyl (C=O) groups is 1. The number of esters is 1. The van der Waals surface area contributed by atoms with E-state index in [1.165, 1.54) is 0 Å². The Hall–Kier alpha value is -0.570. The lowest BCUT2D eigenvalue weighted by Crippen LogP contribution is -2.24. The zero-order valence-corrected chi connectivity index (χ0v) is 8.39. The first-order valence-corrected chi connectivity index (χ1v) is 4.38. The van der Waals surface area contributed by atoms with Crippen molar-refractivity contribution in [3.05, 3.63) is 0 Å². The molecular formula is C9H19NO2. The van der Waals surface area contributed by atoms with Crippen LogP contribution in [0.25, 0.3) is 0 Å². The van der Waals surface area contributed by atoms with Gasteiger partial charge < -0.3 is 10.1 Å². The molecule has 0 aromatic carbocycles. The first kappa shape index (κ1) is 11.4. The lowest BCUT2D eigenvalue weighted by Gasteiger charge is -2.15. The predicted molar refractivity (Wildman–Crippen MR) is 48.9 cm³/mol. The van der Waals surface area contributed by atoms with Gasteiger partial charge in [-0.1, -0.05) is 20.8 Å². The fourth-order valence-corrected chi connectivity index (χ4v) is 0.612. The van der Waals surface area contributed by atoms with Gasteiger partial charge in [0.1, 0.15) is 0 Å². The quantitative estimate of drug-likeness (QED) is 0.631. The Kier molecular flexibility index (Phi) is 5.72. The molecule has 0 aromatic heterocycles. The second-order valence-electron chi connectivity index (χ2n) is 3.43. The molecule has 0 bridgehead atoms. The van der Waals surface area contributed by atoms with Crippen molar-refractivity contribution in [3.8, 4) is 0 Å². The van der Waals surface area contributed by atoms with Crippen molar-refractivity contribution in [1.82, 2.24) is 5.32 Å². The molecule has 0 saturated carbocycles. The molecule has 0 aromatic rings. The van der Waals surface area contributed by atoms with Gasteiger partial charge >= 0.3 is 5.97 Å². The van der Waals surface area contributed by atoms with Crippen LogP contribution in [0.15, 0.2) is 0 Å². The average Bonchev–Trinajstić information content (AvgIpc) is 2.00. The van der Waals surface area contributed by atoms with E-state index >= 15 is 0 Å². The molecule has 72 valence electrons. The highest BCUT2D eigenvalue weighted by atomic mass is 16.5. The van der Waals surface area contributed by atoms with Gasteiger partial charge in [-0.3, -0.25) is 4.79 Å². The third kappa shape index (κ3) is 5.13. The van der Waals surface area contributed by atoms with Crippen LogP contribution < -0.4 is 5.32 Å². The normalized spacial score (nSPS) is 13.1. The molecule has 0 saturated heterocycles. The van der Waals surface area contributed by atoms with Gasteiger partial charge in [-0.25, -0.2) is 0 Å². The molecule has 0 spiro atoms. The van der Waals surface area contributed by atoms with E-state index in [1.807, 2.05) is 0 Å². The Morgan fingerprint density at radius 2 is 2.00 bits per heavy atom. The van der Waals surface area contributed by atoms with Gasteiger partial charge in [0.2, 0.25) is 0 Å². The summed E-state index contributed by atoms with van der Waals surface area (Å²) in [6.07, 6.45) is 0. The minimum atomic E-state index is -0.176. The summed E-state index contributed by atoms with van der Waals surface area (Å²) in [5, 5.41) is 2.75. The highest BCUT2D eigenvalue weighted by molar-refractivity contribution is 5.71. The summed E-state index contributed by atoms with van der Waals surface area (Å²) in [5.41, 5.74) is 0. The first-order chi connectivity index (χ1) is 5.57. The standard InChI is InChI=1S/C9H19NO2/c1-7(2)8(3)6-12-9(11)5-10-4/h7-8,10H,5-6H2,1-4H3. The van der Waals surface area contributed by atoms with Crippen molar-refractivity contribution in [2.75, 3.05) is 20.2 Å². The average molecular weight is 173 g/mol. The van der Waals surface area contributed by atoms with Crippen LogP contribution in [0.3, 0.4) is 0 Å². The van der Waals surface area contributed by atoms with Crippen molar-refractivity contribution in [3.63, 3.8) is 0 Å². The fourth-order valence-electron chi connectivity index (χ4n) is 0.612. The summed E-state index contributed by atoms with van der Waals surface area (Å²) < 4.78 is 5.00. The molecule has 0 heterocycles. The van der Waals surface area contributed by atoms with Gasteiger partial charge in [0.15, 0.2) is 0 Å². The van der Waals surface area contributed by atoms with Crippen molar-refractivity contribution in [1.29, 1.82) is 0 Å². The maximum absolute atomic E-state index is 10.9. The maximum atomic E-state index is 10.9. The largest absolute Gasteiger partial charge is 0.464 e. The monoisotopic (exact) mass is 173 g/mol. The minimum Gasteiger partial charge on any atom is -0.464 e. The van der Waals surface area contributed by atoms with Crippen molar-refractivity contribution >= 4 is 5.97 Å². The van der Waals surface area contributed by atoms with E-state index in [1.54, 1.807) is 7.05 Å². The number of rotatable bonds is 5. The molecule has 1 atom stereocenters. The van der Waals surface area contributed by atoms with E-state index in [9.17, 15) is 4.79 Å². The van der Waals surface area contributed by atoms with Crippen LogP contribution in [0.4, 0.5) is 0 Å². The highest BCUT2D eigenvalue weighted by Crippen LogP contribution is 2.09. The summed E-state index contributed by atoms with van der Waals surface area (Å²) in [5.74, 6) is 0.822. The fraction of sp³-hybridized carbons (Fsp3) is 0.889.